The van der Waals surface area contributed by atoms with Gasteiger partial charge in [-0.3, -0.25) is 19.8 Å². The summed E-state index contributed by atoms with van der Waals surface area (Å²) in [5, 5.41) is 3.15. The highest BCUT2D eigenvalue weighted by atomic mass is 35.5. The molecule has 4 amide bonds. The first-order valence-electron chi connectivity index (χ1n) is 12.1. The van der Waals surface area contributed by atoms with Gasteiger partial charge in [-0.15, -0.1) is 0 Å². The maximum Gasteiger partial charge on any atom is 0.331 e. The van der Waals surface area contributed by atoms with Crippen LogP contribution in [0.3, 0.4) is 0 Å². The Morgan fingerprint density at radius 3 is 2.28 bits per heavy atom. The summed E-state index contributed by atoms with van der Waals surface area (Å²) in [5.74, 6) is -0.0451. The maximum atomic E-state index is 13.2. The third-order valence-electron chi connectivity index (χ3n) is 5.79. The lowest BCUT2D eigenvalue weighted by Crippen LogP contribution is -2.53. The second-order valence-corrected chi connectivity index (χ2v) is 9.49. The van der Waals surface area contributed by atoms with Gasteiger partial charge >= 0.3 is 6.03 Å². The van der Waals surface area contributed by atoms with Crippen LogP contribution in [0, 0.1) is 0 Å². The van der Waals surface area contributed by atoms with Gasteiger partial charge in [-0.05, 0) is 65.6 Å². The fourth-order valence-electron chi connectivity index (χ4n) is 3.79. The SMILES string of the molecule is CCCOc1ccc(CN2C(=O)NC(=O)/C(=C\c3ccc(OCc4ccc(Cl)cc4)c(Cl)c3)C2=O)cc1OC. The molecule has 0 atom stereocenters. The van der Waals surface area contributed by atoms with E-state index in [9.17, 15) is 14.4 Å². The van der Waals surface area contributed by atoms with E-state index in [1.807, 2.05) is 19.1 Å². The van der Waals surface area contributed by atoms with Crippen molar-refractivity contribution in [3.05, 3.63) is 93.0 Å². The topological polar surface area (TPSA) is 94.2 Å². The zero-order valence-electron chi connectivity index (χ0n) is 21.3. The van der Waals surface area contributed by atoms with Crippen LogP contribution < -0.4 is 19.5 Å². The minimum atomic E-state index is -0.809. The van der Waals surface area contributed by atoms with E-state index in [1.54, 1.807) is 48.5 Å². The summed E-state index contributed by atoms with van der Waals surface area (Å²) < 4.78 is 16.8. The molecule has 1 aliphatic rings. The number of rotatable bonds is 10. The van der Waals surface area contributed by atoms with Crippen LogP contribution in [0.1, 0.15) is 30.0 Å². The maximum absolute atomic E-state index is 13.2. The zero-order valence-corrected chi connectivity index (χ0v) is 22.8. The van der Waals surface area contributed by atoms with Gasteiger partial charge in [0.15, 0.2) is 11.5 Å². The monoisotopic (exact) mass is 568 g/mol. The van der Waals surface area contributed by atoms with Gasteiger partial charge < -0.3 is 14.2 Å². The summed E-state index contributed by atoms with van der Waals surface area (Å²) in [6.07, 6.45) is 2.22. The summed E-state index contributed by atoms with van der Waals surface area (Å²) in [6.45, 7) is 2.73. The lowest BCUT2D eigenvalue weighted by Gasteiger charge is -2.26. The lowest BCUT2D eigenvalue weighted by molar-refractivity contribution is -0.130. The first kappa shape index (κ1) is 28.0. The summed E-state index contributed by atoms with van der Waals surface area (Å²) in [5.41, 5.74) is 1.83. The molecule has 1 saturated heterocycles. The number of urea groups is 1. The molecule has 202 valence electrons. The Labute approximate surface area is 236 Å². The van der Waals surface area contributed by atoms with Gasteiger partial charge in [-0.25, -0.2) is 4.79 Å². The third-order valence-corrected chi connectivity index (χ3v) is 6.34. The molecule has 10 heteroatoms. The molecule has 0 aliphatic carbocycles. The van der Waals surface area contributed by atoms with Crippen molar-refractivity contribution in [3.8, 4) is 17.2 Å². The van der Waals surface area contributed by atoms with E-state index in [0.29, 0.717) is 45.0 Å². The van der Waals surface area contributed by atoms with Crippen molar-refractivity contribution in [2.24, 2.45) is 0 Å². The second-order valence-electron chi connectivity index (χ2n) is 8.65. The van der Waals surface area contributed by atoms with E-state index in [1.165, 1.54) is 13.2 Å². The molecule has 0 radical (unpaired) electrons. The van der Waals surface area contributed by atoms with Gasteiger partial charge in [0.25, 0.3) is 11.8 Å². The van der Waals surface area contributed by atoms with Gasteiger partial charge in [0.2, 0.25) is 0 Å². The number of barbiturate groups is 1. The number of methoxy groups -OCH3 is 1. The van der Waals surface area contributed by atoms with E-state index in [0.717, 1.165) is 16.9 Å². The highest BCUT2D eigenvalue weighted by Gasteiger charge is 2.35. The standard InChI is InChI=1S/C29H26Cl2N2O6/c1-3-12-38-25-11-7-20(15-26(25)37-2)16-33-28(35)22(27(34)32-29(33)36)13-19-6-10-24(23(31)14-19)39-17-18-4-8-21(30)9-5-18/h4-11,13-15H,3,12,16-17H2,1-2H3,(H,32,34,36)/b22-13+. The quantitative estimate of drug-likeness (QED) is 0.237. The van der Waals surface area contributed by atoms with Gasteiger partial charge in [0.1, 0.15) is 17.9 Å². The van der Waals surface area contributed by atoms with Gasteiger partial charge in [-0.2, -0.15) is 0 Å². The van der Waals surface area contributed by atoms with Gasteiger partial charge in [0.05, 0.1) is 25.3 Å². The molecule has 3 aromatic carbocycles. The molecule has 0 unspecified atom stereocenters. The molecule has 4 rings (SSSR count). The Bertz CT molecular complexity index is 1420. The van der Waals surface area contributed by atoms with Crippen LogP contribution in [0.15, 0.2) is 66.2 Å². The molecule has 1 aliphatic heterocycles. The predicted molar refractivity (Wildman–Crippen MR) is 148 cm³/mol. The summed E-state index contributed by atoms with van der Waals surface area (Å²) in [6, 6.07) is 16.4. The highest BCUT2D eigenvalue weighted by Crippen LogP contribution is 2.30. The van der Waals surface area contributed by atoms with Crippen LogP contribution in [0.4, 0.5) is 4.79 Å². The molecule has 0 saturated carbocycles. The Kier molecular flexibility index (Phi) is 9.11. The van der Waals surface area contributed by atoms with Crippen LogP contribution >= 0.6 is 23.2 Å². The summed E-state index contributed by atoms with van der Waals surface area (Å²) >= 11 is 12.3. The Hall–Kier alpha value is -4.01. The number of carbonyl (C=O) groups excluding carboxylic acids is 3. The molecule has 0 aromatic heterocycles. The van der Waals surface area contributed by atoms with Crippen LogP contribution in [-0.4, -0.2) is 36.5 Å². The number of amides is 4. The average molecular weight is 569 g/mol. The normalized spacial score (nSPS) is 14.4. The zero-order chi connectivity index (χ0) is 27.9. The molecule has 3 aromatic rings. The molecule has 0 bridgehead atoms. The largest absolute Gasteiger partial charge is 0.493 e. The summed E-state index contributed by atoms with van der Waals surface area (Å²) in [7, 11) is 1.51. The van der Waals surface area contributed by atoms with E-state index < -0.39 is 17.8 Å². The van der Waals surface area contributed by atoms with Gasteiger partial charge in [0, 0.05) is 5.02 Å². The van der Waals surface area contributed by atoms with Crippen molar-refractivity contribution in [1.82, 2.24) is 10.2 Å². The van der Waals surface area contributed by atoms with Crippen molar-refractivity contribution in [3.63, 3.8) is 0 Å². The van der Waals surface area contributed by atoms with E-state index >= 15 is 0 Å². The van der Waals surface area contributed by atoms with Crippen molar-refractivity contribution in [2.45, 2.75) is 26.5 Å². The van der Waals surface area contributed by atoms with Crippen molar-refractivity contribution < 1.29 is 28.6 Å². The summed E-state index contributed by atoms with van der Waals surface area (Å²) in [4.78, 5) is 39.2. The smallest absolute Gasteiger partial charge is 0.331 e. The number of benzene rings is 3. The van der Waals surface area contributed by atoms with Crippen molar-refractivity contribution >= 4 is 47.1 Å². The number of hydrogen-bond donors (Lipinski definition) is 1. The molecular formula is C29H26Cl2N2O6. The van der Waals surface area contributed by atoms with Crippen LogP contribution in [0.2, 0.25) is 10.0 Å². The fraction of sp³-hybridized carbons (Fsp3) is 0.207. The predicted octanol–water partition coefficient (Wildman–Crippen LogP) is 6.03. The lowest BCUT2D eigenvalue weighted by atomic mass is 10.1. The van der Waals surface area contributed by atoms with Crippen molar-refractivity contribution in [2.75, 3.05) is 13.7 Å². The number of ether oxygens (including phenoxy) is 3. The van der Waals surface area contributed by atoms with E-state index in [2.05, 4.69) is 5.32 Å². The molecular weight excluding hydrogens is 543 g/mol. The van der Waals surface area contributed by atoms with Crippen LogP contribution in [0.5, 0.6) is 17.2 Å². The Morgan fingerprint density at radius 1 is 0.872 bits per heavy atom. The number of hydrogen-bond acceptors (Lipinski definition) is 6. The number of carbonyl (C=O) groups is 3. The van der Waals surface area contributed by atoms with Crippen LogP contribution in [0.25, 0.3) is 6.08 Å². The van der Waals surface area contributed by atoms with Crippen molar-refractivity contribution in [1.29, 1.82) is 0 Å². The molecule has 1 N–H and O–H groups in total. The molecule has 0 spiro atoms. The molecule has 1 heterocycles. The minimum absolute atomic E-state index is 0.0715. The second kappa shape index (κ2) is 12.7. The third kappa shape index (κ3) is 6.90. The van der Waals surface area contributed by atoms with Gasteiger partial charge in [-0.1, -0.05) is 54.4 Å². The first-order chi connectivity index (χ1) is 18.8. The fourth-order valence-corrected chi connectivity index (χ4v) is 4.16. The van der Waals surface area contributed by atoms with Crippen LogP contribution in [-0.2, 0) is 22.7 Å². The minimum Gasteiger partial charge on any atom is -0.493 e. The molecule has 1 fully saturated rings. The Balaban J connectivity index is 1.50. The van der Waals surface area contributed by atoms with E-state index in [4.69, 9.17) is 37.4 Å². The number of nitrogens with one attached hydrogen (secondary N) is 1. The number of halogens is 2. The first-order valence-corrected chi connectivity index (χ1v) is 12.9. The van der Waals surface area contributed by atoms with E-state index in [-0.39, 0.29) is 18.7 Å². The highest BCUT2D eigenvalue weighted by molar-refractivity contribution is 6.33. The Morgan fingerprint density at radius 2 is 1.59 bits per heavy atom. The number of imide groups is 2. The molecule has 8 nitrogen and oxygen atoms in total. The average Bonchev–Trinajstić information content (AvgIpc) is 2.93. The molecule has 39 heavy (non-hydrogen) atoms. The number of nitrogens with zero attached hydrogens (tertiary/aromatic N) is 1.